The molecule has 21 heavy (non-hydrogen) atoms. The largest absolute Gasteiger partial charge is 0.386 e. The van der Waals surface area contributed by atoms with Crippen LogP contribution in [0.3, 0.4) is 0 Å². The number of aromatic nitrogens is 2. The lowest BCUT2D eigenvalue weighted by molar-refractivity contribution is -0.122. The van der Waals surface area contributed by atoms with Gasteiger partial charge in [-0.25, -0.2) is 13.6 Å². The van der Waals surface area contributed by atoms with Gasteiger partial charge in [0.05, 0.1) is 0 Å². The quantitative estimate of drug-likeness (QED) is 0.873. The molecule has 0 aliphatic heterocycles. The van der Waals surface area contributed by atoms with Crippen LogP contribution >= 0.6 is 0 Å². The molecule has 5 nitrogen and oxygen atoms in total. The highest BCUT2D eigenvalue weighted by atomic mass is 19.3. The first-order valence-electron chi connectivity index (χ1n) is 6.93. The Morgan fingerprint density at radius 3 is 2.67 bits per heavy atom. The number of nitrogens with two attached hydrogens (primary N) is 1. The van der Waals surface area contributed by atoms with Gasteiger partial charge in [-0.1, -0.05) is 20.8 Å². The van der Waals surface area contributed by atoms with Crippen LogP contribution in [0.2, 0.25) is 0 Å². The Morgan fingerprint density at radius 2 is 2.14 bits per heavy atom. The summed E-state index contributed by atoms with van der Waals surface area (Å²) < 4.78 is 29.5. The number of anilines is 1. The molecule has 0 amide bonds. The normalized spacial score (nSPS) is 28.8. The summed E-state index contributed by atoms with van der Waals surface area (Å²) in [7, 11) is 0. The molecule has 0 radical (unpaired) electrons. The third kappa shape index (κ3) is 3.07. The second kappa shape index (κ2) is 5.05. The maximum atomic E-state index is 14.3. The van der Waals surface area contributed by atoms with Crippen LogP contribution in [-0.4, -0.2) is 26.7 Å². The van der Waals surface area contributed by atoms with Gasteiger partial charge < -0.3 is 10.8 Å². The fourth-order valence-corrected chi connectivity index (χ4v) is 3.03. The van der Waals surface area contributed by atoms with E-state index in [1.807, 2.05) is 20.8 Å². The van der Waals surface area contributed by atoms with E-state index >= 15 is 0 Å². The summed E-state index contributed by atoms with van der Waals surface area (Å²) in [6.45, 7) is 5.80. The smallest absolute Gasteiger partial charge is 0.349 e. The summed E-state index contributed by atoms with van der Waals surface area (Å²) in [6, 6.07) is -0.0820. The van der Waals surface area contributed by atoms with Gasteiger partial charge in [0.15, 0.2) is 0 Å². The zero-order valence-corrected chi connectivity index (χ0v) is 12.4. The fourth-order valence-electron chi connectivity index (χ4n) is 3.03. The topological polar surface area (TPSA) is 81.1 Å². The summed E-state index contributed by atoms with van der Waals surface area (Å²) in [6.07, 6.45) is -0.0461. The van der Waals surface area contributed by atoms with Crippen LogP contribution in [0.25, 0.3) is 0 Å². The third-order valence-corrected chi connectivity index (χ3v) is 3.87. The maximum Gasteiger partial charge on any atom is 0.349 e. The zero-order chi connectivity index (χ0) is 16.0. The Morgan fingerprint density at radius 1 is 1.52 bits per heavy atom. The molecule has 0 saturated heterocycles. The number of aliphatic hydroxyl groups excluding tert-OH is 1. The van der Waals surface area contributed by atoms with E-state index in [1.54, 1.807) is 0 Å². The number of halogens is 2. The van der Waals surface area contributed by atoms with Crippen LogP contribution in [0.1, 0.15) is 39.7 Å². The lowest BCUT2D eigenvalue weighted by atomic mass is 9.83. The standard InChI is InChI=1S/C14H21F2N3O2/c1-13(2,3)7-8-6-9(14(15,16)11(8)20)19-5-4-10(17)18-12(19)21/h4-5,8-9,11,20H,6-7H2,1-3H3,(H2,17,18,21)/t8-,9?,11-/m1/s1. The Hall–Kier alpha value is -1.50. The van der Waals surface area contributed by atoms with Crippen molar-refractivity contribution in [3.05, 3.63) is 22.7 Å². The molecule has 0 aromatic carbocycles. The van der Waals surface area contributed by atoms with Gasteiger partial charge in [-0.3, -0.25) is 4.57 Å². The Bertz CT molecular complexity index is 580. The highest BCUT2D eigenvalue weighted by Gasteiger charge is 2.58. The lowest BCUT2D eigenvalue weighted by Gasteiger charge is -2.26. The van der Waals surface area contributed by atoms with E-state index in [0.29, 0.717) is 6.42 Å². The number of hydrogen-bond donors (Lipinski definition) is 2. The lowest BCUT2D eigenvalue weighted by Crippen LogP contribution is -2.40. The molecule has 1 aliphatic carbocycles. The molecular formula is C14H21F2N3O2. The summed E-state index contributed by atoms with van der Waals surface area (Å²) >= 11 is 0. The van der Waals surface area contributed by atoms with Crippen molar-refractivity contribution >= 4 is 5.82 Å². The Labute approximate surface area is 121 Å². The molecule has 1 aliphatic rings. The number of nitrogen functional groups attached to an aromatic ring is 1. The van der Waals surface area contributed by atoms with Crippen molar-refractivity contribution in [1.82, 2.24) is 9.55 Å². The van der Waals surface area contributed by atoms with Crippen molar-refractivity contribution in [1.29, 1.82) is 0 Å². The van der Waals surface area contributed by atoms with Gasteiger partial charge in [-0.2, -0.15) is 4.98 Å². The minimum absolute atomic E-state index is 0.00986. The molecule has 118 valence electrons. The second-order valence-electron chi connectivity index (χ2n) is 6.94. The zero-order valence-electron chi connectivity index (χ0n) is 12.4. The van der Waals surface area contributed by atoms with Gasteiger partial charge in [0.25, 0.3) is 5.92 Å². The number of aliphatic hydroxyl groups is 1. The summed E-state index contributed by atoms with van der Waals surface area (Å²) in [5, 5.41) is 9.95. The third-order valence-electron chi connectivity index (χ3n) is 3.87. The highest BCUT2D eigenvalue weighted by Crippen LogP contribution is 2.49. The SMILES string of the molecule is CC(C)(C)C[C@H]1CC(n2ccc(N)nc2=O)C(F)(F)[C@@H]1O. The number of rotatable bonds is 2. The minimum atomic E-state index is -3.36. The van der Waals surface area contributed by atoms with Crippen LogP contribution in [0.5, 0.6) is 0 Å². The second-order valence-corrected chi connectivity index (χ2v) is 6.94. The molecule has 1 aromatic heterocycles. The van der Waals surface area contributed by atoms with Gasteiger partial charge in [0, 0.05) is 6.20 Å². The summed E-state index contributed by atoms with van der Waals surface area (Å²) in [5.41, 5.74) is 4.37. The first-order valence-corrected chi connectivity index (χ1v) is 6.93. The van der Waals surface area contributed by atoms with E-state index in [1.165, 1.54) is 12.3 Å². The molecular weight excluding hydrogens is 280 g/mol. The van der Waals surface area contributed by atoms with E-state index in [4.69, 9.17) is 5.73 Å². The predicted octanol–water partition coefficient (Wildman–Crippen LogP) is 1.82. The average molecular weight is 301 g/mol. The van der Waals surface area contributed by atoms with Gasteiger partial charge in [-0.05, 0) is 30.2 Å². The molecule has 1 heterocycles. The maximum absolute atomic E-state index is 14.3. The van der Waals surface area contributed by atoms with Crippen LogP contribution in [0.4, 0.5) is 14.6 Å². The predicted molar refractivity (Wildman–Crippen MR) is 75.1 cm³/mol. The first-order chi connectivity index (χ1) is 9.52. The molecule has 0 bridgehead atoms. The minimum Gasteiger partial charge on any atom is -0.386 e. The van der Waals surface area contributed by atoms with Crippen molar-refractivity contribution in [2.75, 3.05) is 5.73 Å². The van der Waals surface area contributed by atoms with E-state index in [0.717, 1.165) is 4.57 Å². The molecule has 7 heteroatoms. The van der Waals surface area contributed by atoms with Gasteiger partial charge >= 0.3 is 5.69 Å². The number of nitrogens with zero attached hydrogens (tertiary/aromatic N) is 2. The van der Waals surface area contributed by atoms with Crippen molar-refractivity contribution in [3.63, 3.8) is 0 Å². The molecule has 1 fully saturated rings. The number of alkyl halides is 2. The monoisotopic (exact) mass is 301 g/mol. The molecule has 1 unspecified atom stereocenters. The van der Waals surface area contributed by atoms with Crippen molar-refractivity contribution in [2.24, 2.45) is 11.3 Å². The van der Waals surface area contributed by atoms with Crippen molar-refractivity contribution in [2.45, 2.75) is 51.7 Å². The molecule has 1 aromatic rings. The van der Waals surface area contributed by atoms with Crippen LogP contribution in [-0.2, 0) is 0 Å². The highest BCUT2D eigenvalue weighted by molar-refractivity contribution is 5.24. The van der Waals surface area contributed by atoms with Crippen LogP contribution in [0, 0.1) is 11.3 Å². The van der Waals surface area contributed by atoms with Gasteiger partial charge in [0.2, 0.25) is 0 Å². The Kier molecular flexibility index (Phi) is 3.82. The van der Waals surface area contributed by atoms with E-state index in [2.05, 4.69) is 4.98 Å². The van der Waals surface area contributed by atoms with E-state index in [-0.39, 0.29) is 17.7 Å². The molecule has 2 rings (SSSR count). The Balaban J connectivity index is 2.34. The van der Waals surface area contributed by atoms with Crippen molar-refractivity contribution in [3.8, 4) is 0 Å². The average Bonchev–Trinajstić information content (AvgIpc) is 2.51. The van der Waals surface area contributed by atoms with Crippen molar-refractivity contribution < 1.29 is 13.9 Å². The van der Waals surface area contributed by atoms with E-state index in [9.17, 15) is 18.7 Å². The first kappa shape index (κ1) is 15.9. The molecule has 0 spiro atoms. The van der Waals surface area contributed by atoms with Crippen LogP contribution < -0.4 is 11.4 Å². The van der Waals surface area contributed by atoms with Crippen LogP contribution in [0.15, 0.2) is 17.1 Å². The fraction of sp³-hybridized carbons (Fsp3) is 0.714. The number of hydrogen-bond acceptors (Lipinski definition) is 4. The summed E-state index contributed by atoms with van der Waals surface area (Å²) in [4.78, 5) is 15.2. The molecule has 1 saturated carbocycles. The molecule has 3 N–H and O–H groups in total. The summed E-state index contributed by atoms with van der Waals surface area (Å²) in [5.74, 6) is -3.93. The molecule has 3 atom stereocenters. The van der Waals surface area contributed by atoms with E-state index < -0.39 is 29.7 Å². The van der Waals surface area contributed by atoms with Gasteiger partial charge in [-0.15, -0.1) is 0 Å². The van der Waals surface area contributed by atoms with Gasteiger partial charge in [0.1, 0.15) is 18.0 Å².